The summed E-state index contributed by atoms with van der Waals surface area (Å²) >= 11 is 0. The Morgan fingerprint density at radius 3 is 2.31 bits per heavy atom. The van der Waals surface area contributed by atoms with E-state index in [-0.39, 0.29) is 0 Å². The van der Waals surface area contributed by atoms with E-state index < -0.39 is 0 Å². The summed E-state index contributed by atoms with van der Waals surface area (Å²) in [4.78, 5) is 0. The zero-order chi connectivity index (χ0) is 11.5. The molecule has 2 N–H and O–H groups in total. The van der Waals surface area contributed by atoms with Crippen LogP contribution in [0.4, 0.5) is 0 Å². The molecule has 2 atom stereocenters. The molecule has 2 unspecified atom stereocenters. The molecule has 1 aliphatic carbocycles. The first-order chi connectivity index (χ1) is 7.66. The number of phenolic OH excluding ortho intramolecular Hbond substituents is 1. The lowest BCUT2D eigenvalue weighted by molar-refractivity contribution is 0.229. The number of hydrogen-bond acceptors (Lipinski definition) is 2. The lowest BCUT2D eigenvalue weighted by Gasteiger charge is -2.34. The minimum atomic E-state index is 0.336. The molecule has 2 nitrogen and oxygen atoms in total. The topological polar surface area (TPSA) is 32.3 Å². The van der Waals surface area contributed by atoms with Gasteiger partial charge in [0, 0.05) is 12.1 Å². The summed E-state index contributed by atoms with van der Waals surface area (Å²) in [5, 5.41) is 12.9. The van der Waals surface area contributed by atoms with E-state index in [0.717, 1.165) is 5.92 Å². The van der Waals surface area contributed by atoms with Gasteiger partial charge in [0.05, 0.1) is 0 Å². The third kappa shape index (κ3) is 2.56. The number of benzene rings is 1. The quantitative estimate of drug-likeness (QED) is 0.815. The van der Waals surface area contributed by atoms with Crippen molar-refractivity contribution in [2.75, 3.05) is 0 Å². The Kier molecular flexibility index (Phi) is 3.49. The maximum absolute atomic E-state index is 9.24. The number of aromatic hydroxyl groups is 1. The highest BCUT2D eigenvalue weighted by atomic mass is 16.3. The summed E-state index contributed by atoms with van der Waals surface area (Å²) in [5.74, 6) is 1.20. The molecule has 0 aliphatic heterocycles. The van der Waals surface area contributed by atoms with E-state index in [1.807, 2.05) is 12.1 Å². The maximum Gasteiger partial charge on any atom is 0.115 e. The highest BCUT2D eigenvalue weighted by molar-refractivity contribution is 5.27. The Labute approximate surface area is 97.7 Å². The van der Waals surface area contributed by atoms with Crippen molar-refractivity contribution in [2.24, 2.45) is 5.92 Å². The van der Waals surface area contributed by atoms with Crippen LogP contribution in [0.15, 0.2) is 24.3 Å². The van der Waals surface area contributed by atoms with Crippen LogP contribution in [0.5, 0.6) is 5.75 Å². The zero-order valence-corrected chi connectivity index (χ0v) is 10.1. The minimum Gasteiger partial charge on any atom is -0.508 e. The highest BCUT2D eigenvalue weighted by Crippen LogP contribution is 2.30. The molecule has 1 fully saturated rings. The molecule has 88 valence electrons. The molecule has 16 heavy (non-hydrogen) atoms. The fourth-order valence-corrected chi connectivity index (χ4v) is 2.33. The molecular weight excluding hydrogens is 198 g/mol. The van der Waals surface area contributed by atoms with E-state index >= 15 is 0 Å². The van der Waals surface area contributed by atoms with Crippen molar-refractivity contribution in [1.82, 2.24) is 5.32 Å². The van der Waals surface area contributed by atoms with Gasteiger partial charge in [-0.05, 0) is 50.3 Å². The maximum atomic E-state index is 9.24. The van der Waals surface area contributed by atoms with E-state index in [4.69, 9.17) is 0 Å². The lowest BCUT2D eigenvalue weighted by atomic mass is 9.80. The lowest BCUT2D eigenvalue weighted by Crippen LogP contribution is -2.38. The normalized spacial score (nSPS) is 20.1. The number of hydrogen-bond donors (Lipinski definition) is 2. The van der Waals surface area contributed by atoms with Crippen LogP contribution in [-0.2, 0) is 0 Å². The predicted octanol–water partition coefficient (Wildman–Crippen LogP) is 3.23. The highest BCUT2D eigenvalue weighted by Gasteiger charge is 2.24. The largest absolute Gasteiger partial charge is 0.508 e. The van der Waals surface area contributed by atoms with Crippen molar-refractivity contribution in [2.45, 2.75) is 45.2 Å². The van der Waals surface area contributed by atoms with Crippen molar-refractivity contribution in [3.05, 3.63) is 29.8 Å². The van der Waals surface area contributed by atoms with Gasteiger partial charge >= 0.3 is 0 Å². The van der Waals surface area contributed by atoms with Gasteiger partial charge in [-0.25, -0.2) is 0 Å². The molecule has 2 heteroatoms. The molecule has 1 aromatic rings. The van der Waals surface area contributed by atoms with Crippen molar-refractivity contribution >= 4 is 0 Å². The summed E-state index contributed by atoms with van der Waals surface area (Å²) in [7, 11) is 0. The van der Waals surface area contributed by atoms with Gasteiger partial charge < -0.3 is 10.4 Å². The minimum absolute atomic E-state index is 0.336. The van der Waals surface area contributed by atoms with Crippen LogP contribution in [0.25, 0.3) is 0 Å². The van der Waals surface area contributed by atoms with Crippen LogP contribution in [0.1, 0.15) is 44.7 Å². The molecule has 0 radical (unpaired) electrons. The van der Waals surface area contributed by atoms with Crippen molar-refractivity contribution in [3.8, 4) is 5.75 Å². The van der Waals surface area contributed by atoms with Crippen LogP contribution < -0.4 is 5.32 Å². The fourth-order valence-electron chi connectivity index (χ4n) is 2.33. The molecule has 0 saturated heterocycles. The summed E-state index contributed by atoms with van der Waals surface area (Å²) in [5.41, 5.74) is 1.24. The molecule has 0 amide bonds. The van der Waals surface area contributed by atoms with Crippen LogP contribution in [0, 0.1) is 5.92 Å². The van der Waals surface area contributed by atoms with Crippen LogP contribution >= 0.6 is 0 Å². The Morgan fingerprint density at radius 2 is 1.81 bits per heavy atom. The number of rotatable bonds is 4. The summed E-state index contributed by atoms with van der Waals surface area (Å²) in [6.45, 7) is 4.46. The van der Waals surface area contributed by atoms with Gasteiger partial charge in [-0.2, -0.15) is 0 Å². The van der Waals surface area contributed by atoms with Gasteiger partial charge in [0.25, 0.3) is 0 Å². The van der Waals surface area contributed by atoms with Crippen LogP contribution in [-0.4, -0.2) is 11.1 Å². The van der Waals surface area contributed by atoms with Crippen molar-refractivity contribution < 1.29 is 5.11 Å². The summed E-state index contributed by atoms with van der Waals surface area (Å²) < 4.78 is 0. The standard InChI is InChI=1S/C14H21NO/c1-10(12-4-3-5-12)15-11(2)13-6-8-14(16)9-7-13/h6-12,15-16H,3-5H2,1-2H3. The summed E-state index contributed by atoms with van der Waals surface area (Å²) in [6.07, 6.45) is 4.14. The van der Waals surface area contributed by atoms with E-state index in [0.29, 0.717) is 17.8 Å². The molecule has 1 aromatic carbocycles. The third-order valence-corrected chi connectivity index (χ3v) is 3.76. The van der Waals surface area contributed by atoms with E-state index in [9.17, 15) is 5.11 Å². The molecule has 1 saturated carbocycles. The monoisotopic (exact) mass is 219 g/mol. The van der Waals surface area contributed by atoms with Gasteiger partial charge in [0.1, 0.15) is 5.75 Å². The first-order valence-electron chi connectivity index (χ1n) is 6.22. The second-order valence-electron chi connectivity index (χ2n) is 4.96. The van der Waals surface area contributed by atoms with Crippen molar-refractivity contribution in [1.29, 1.82) is 0 Å². The first kappa shape index (κ1) is 11.5. The van der Waals surface area contributed by atoms with Gasteiger partial charge in [-0.15, -0.1) is 0 Å². The van der Waals surface area contributed by atoms with Crippen LogP contribution in [0.2, 0.25) is 0 Å². The van der Waals surface area contributed by atoms with Crippen LogP contribution in [0.3, 0.4) is 0 Å². The second-order valence-corrected chi connectivity index (χ2v) is 4.96. The van der Waals surface area contributed by atoms with Gasteiger partial charge in [0.2, 0.25) is 0 Å². The molecule has 2 rings (SSSR count). The Balaban J connectivity index is 1.91. The molecule has 0 bridgehead atoms. The molecule has 0 heterocycles. The first-order valence-corrected chi connectivity index (χ1v) is 6.22. The molecule has 1 aliphatic rings. The van der Waals surface area contributed by atoms with E-state index in [1.165, 1.54) is 24.8 Å². The average Bonchev–Trinajstić information content (AvgIpc) is 2.15. The average molecular weight is 219 g/mol. The number of nitrogens with one attached hydrogen (secondary N) is 1. The Bertz CT molecular complexity index is 329. The Morgan fingerprint density at radius 1 is 1.19 bits per heavy atom. The second kappa shape index (κ2) is 4.88. The van der Waals surface area contributed by atoms with Crippen molar-refractivity contribution in [3.63, 3.8) is 0 Å². The fraction of sp³-hybridized carbons (Fsp3) is 0.571. The summed E-state index contributed by atoms with van der Waals surface area (Å²) in [6, 6.07) is 8.43. The zero-order valence-electron chi connectivity index (χ0n) is 10.1. The third-order valence-electron chi connectivity index (χ3n) is 3.76. The SMILES string of the molecule is CC(NC(C)C1CCC1)c1ccc(O)cc1. The van der Waals surface area contributed by atoms with Gasteiger partial charge in [-0.3, -0.25) is 0 Å². The molecular formula is C14H21NO. The molecule has 0 aromatic heterocycles. The predicted molar refractivity (Wildman–Crippen MR) is 66.5 cm³/mol. The van der Waals surface area contributed by atoms with E-state index in [1.54, 1.807) is 12.1 Å². The van der Waals surface area contributed by atoms with Gasteiger partial charge in [0.15, 0.2) is 0 Å². The number of phenols is 1. The molecule has 0 spiro atoms. The van der Waals surface area contributed by atoms with E-state index in [2.05, 4.69) is 19.2 Å². The smallest absolute Gasteiger partial charge is 0.115 e. The Hall–Kier alpha value is -1.02. The van der Waals surface area contributed by atoms with Gasteiger partial charge in [-0.1, -0.05) is 18.6 Å².